The van der Waals surface area contributed by atoms with E-state index in [1.54, 1.807) is 0 Å². The molecule has 10 rings (SSSR count). The van der Waals surface area contributed by atoms with Crippen molar-refractivity contribution in [3.05, 3.63) is 209 Å². The van der Waals surface area contributed by atoms with Crippen LogP contribution in [0.25, 0.3) is 56.3 Å². The first-order valence-electron chi connectivity index (χ1n) is 18.0. The third-order valence-electron chi connectivity index (χ3n) is 11.3. The summed E-state index contributed by atoms with van der Waals surface area (Å²) in [5, 5.41) is 0. The summed E-state index contributed by atoms with van der Waals surface area (Å²) in [5.74, 6) is 0.678. The number of nitrogens with zero attached hydrogens (tertiary/aromatic N) is 3. The van der Waals surface area contributed by atoms with Crippen LogP contribution in [-0.2, 0) is 10.8 Å². The predicted molar refractivity (Wildman–Crippen MR) is 211 cm³/mol. The number of aromatic nitrogens is 3. The summed E-state index contributed by atoms with van der Waals surface area (Å²) in [6, 6.07) is 61.2. The number of benzene rings is 6. The van der Waals surface area contributed by atoms with E-state index in [0.29, 0.717) is 5.82 Å². The van der Waals surface area contributed by atoms with Gasteiger partial charge in [-0.25, -0.2) is 9.97 Å². The van der Waals surface area contributed by atoms with Crippen molar-refractivity contribution in [2.45, 2.75) is 24.7 Å². The van der Waals surface area contributed by atoms with Crippen molar-refractivity contribution in [2.75, 3.05) is 0 Å². The summed E-state index contributed by atoms with van der Waals surface area (Å²) >= 11 is 0. The summed E-state index contributed by atoms with van der Waals surface area (Å²) < 4.78 is 0. The number of pyridine rings is 1. The minimum atomic E-state index is -0.415. The highest BCUT2D eigenvalue weighted by molar-refractivity contribution is 5.90. The van der Waals surface area contributed by atoms with Crippen LogP contribution in [0.15, 0.2) is 176 Å². The molecule has 0 saturated carbocycles. The first-order valence-corrected chi connectivity index (χ1v) is 18.0. The third-order valence-corrected chi connectivity index (χ3v) is 11.3. The van der Waals surface area contributed by atoms with Gasteiger partial charge >= 0.3 is 0 Å². The molecule has 3 nitrogen and oxygen atoms in total. The lowest BCUT2D eigenvalue weighted by atomic mass is 9.55. The maximum atomic E-state index is 5.20. The molecule has 0 bridgehead atoms. The first-order chi connectivity index (χ1) is 25.5. The van der Waals surface area contributed by atoms with Crippen molar-refractivity contribution in [1.29, 1.82) is 0 Å². The predicted octanol–water partition coefficient (Wildman–Crippen LogP) is 11.5. The molecule has 2 heterocycles. The highest BCUT2D eigenvalue weighted by Crippen LogP contribution is 2.62. The minimum Gasteiger partial charge on any atom is -0.255 e. The van der Waals surface area contributed by atoms with E-state index in [2.05, 4.69) is 152 Å². The average molecular weight is 666 g/mol. The zero-order chi connectivity index (χ0) is 34.9. The van der Waals surface area contributed by atoms with Gasteiger partial charge in [0.15, 0.2) is 5.82 Å². The van der Waals surface area contributed by atoms with Gasteiger partial charge < -0.3 is 0 Å². The Balaban J connectivity index is 1.21. The highest BCUT2D eigenvalue weighted by Gasteiger charge is 2.53. The standard InChI is InChI=1S/C49H35N3/c1-48(2)40-24-12-13-25-41(40)49(38-22-10-8-19-35(38)36-20-9-11-23-39(36)49)42-28-27-33(30-43(42)48)34-18-6-7-21-37(34)45-31-46(44-26-14-15-29-50-44)52-47(51-45)32-16-4-3-5-17-32/h3-31H,1-2H3. The third kappa shape index (κ3) is 4.36. The quantitative estimate of drug-likeness (QED) is 0.188. The molecule has 0 radical (unpaired) electrons. The monoisotopic (exact) mass is 665 g/mol. The molecule has 0 atom stereocenters. The maximum absolute atomic E-state index is 5.20. The van der Waals surface area contributed by atoms with Gasteiger partial charge in [0.25, 0.3) is 0 Å². The molecule has 52 heavy (non-hydrogen) atoms. The van der Waals surface area contributed by atoms with E-state index < -0.39 is 5.41 Å². The summed E-state index contributed by atoms with van der Waals surface area (Å²) in [7, 11) is 0. The molecule has 1 spiro atoms. The van der Waals surface area contributed by atoms with E-state index in [-0.39, 0.29) is 5.41 Å². The molecule has 2 aliphatic rings. The van der Waals surface area contributed by atoms with Crippen LogP contribution in [0.4, 0.5) is 0 Å². The lowest BCUT2D eigenvalue weighted by Crippen LogP contribution is -2.40. The fraction of sp³-hybridized carbons (Fsp3) is 0.0816. The Bertz CT molecular complexity index is 2550. The molecule has 2 aliphatic carbocycles. The van der Waals surface area contributed by atoms with Crippen LogP contribution in [-0.4, -0.2) is 15.0 Å². The zero-order valence-electron chi connectivity index (χ0n) is 29.1. The zero-order valence-corrected chi connectivity index (χ0v) is 29.1. The maximum Gasteiger partial charge on any atom is 0.160 e. The van der Waals surface area contributed by atoms with Gasteiger partial charge in [-0.15, -0.1) is 0 Å². The van der Waals surface area contributed by atoms with Crippen molar-refractivity contribution in [2.24, 2.45) is 0 Å². The molecule has 6 aromatic carbocycles. The SMILES string of the molecule is CC1(C)c2ccccc2C2(c3ccccc3-c3ccccc32)c2ccc(-c3ccccc3-c3cc(-c4ccccn4)nc(-c4ccccc4)n3)cc21. The van der Waals surface area contributed by atoms with Gasteiger partial charge in [0.2, 0.25) is 0 Å². The van der Waals surface area contributed by atoms with Crippen LogP contribution in [0.3, 0.4) is 0 Å². The van der Waals surface area contributed by atoms with Gasteiger partial charge in [-0.2, -0.15) is 0 Å². The Hall–Kier alpha value is -6.45. The topological polar surface area (TPSA) is 38.7 Å². The fourth-order valence-corrected chi connectivity index (χ4v) is 8.92. The summed E-state index contributed by atoms with van der Waals surface area (Å²) in [5.41, 5.74) is 16.9. The first kappa shape index (κ1) is 30.4. The Kier molecular flexibility index (Phi) is 6.74. The largest absolute Gasteiger partial charge is 0.255 e. The summed E-state index contributed by atoms with van der Waals surface area (Å²) in [4.78, 5) is 14.9. The molecule has 0 amide bonds. The molecule has 0 saturated heterocycles. The number of hydrogen-bond donors (Lipinski definition) is 0. The second-order valence-corrected chi connectivity index (χ2v) is 14.4. The van der Waals surface area contributed by atoms with Crippen molar-refractivity contribution in [3.63, 3.8) is 0 Å². The Morgan fingerprint density at radius 2 is 0.923 bits per heavy atom. The number of fused-ring (bicyclic) bond motifs is 9. The van der Waals surface area contributed by atoms with Crippen molar-refractivity contribution < 1.29 is 0 Å². The van der Waals surface area contributed by atoms with Gasteiger partial charge in [0, 0.05) is 22.7 Å². The van der Waals surface area contributed by atoms with Crippen LogP contribution in [0.1, 0.15) is 47.2 Å². The molecule has 3 heteroatoms. The molecule has 0 aliphatic heterocycles. The van der Waals surface area contributed by atoms with Crippen LogP contribution in [0, 0.1) is 0 Å². The summed E-state index contributed by atoms with van der Waals surface area (Å²) in [6.45, 7) is 4.77. The smallest absolute Gasteiger partial charge is 0.160 e. The van der Waals surface area contributed by atoms with E-state index in [4.69, 9.17) is 9.97 Å². The van der Waals surface area contributed by atoms with E-state index in [1.807, 2.05) is 42.6 Å². The second kappa shape index (κ2) is 11.5. The Morgan fingerprint density at radius 3 is 1.62 bits per heavy atom. The molecule has 246 valence electrons. The lowest BCUT2D eigenvalue weighted by Gasteiger charge is -2.46. The molecule has 8 aromatic rings. The average Bonchev–Trinajstić information content (AvgIpc) is 3.51. The van der Waals surface area contributed by atoms with E-state index in [1.165, 1.54) is 44.5 Å². The normalized spacial score (nSPS) is 14.3. The van der Waals surface area contributed by atoms with Crippen molar-refractivity contribution in [1.82, 2.24) is 15.0 Å². The Labute approximate surface area is 304 Å². The lowest BCUT2D eigenvalue weighted by molar-refractivity contribution is 0.563. The van der Waals surface area contributed by atoms with Crippen molar-refractivity contribution >= 4 is 0 Å². The number of rotatable bonds is 4. The fourth-order valence-electron chi connectivity index (χ4n) is 8.92. The summed E-state index contributed by atoms with van der Waals surface area (Å²) in [6.07, 6.45) is 1.81. The van der Waals surface area contributed by atoms with Gasteiger partial charge in [0.1, 0.15) is 0 Å². The number of hydrogen-bond acceptors (Lipinski definition) is 3. The van der Waals surface area contributed by atoms with Gasteiger partial charge in [-0.3, -0.25) is 4.98 Å². The molecular weight excluding hydrogens is 631 g/mol. The van der Waals surface area contributed by atoms with Crippen molar-refractivity contribution in [3.8, 4) is 56.3 Å². The molecular formula is C49H35N3. The van der Waals surface area contributed by atoms with Crippen LogP contribution < -0.4 is 0 Å². The molecule has 0 N–H and O–H groups in total. The van der Waals surface area contributed by atoms with E-state index in [0.717, 1.165) is 39.3 Å². The van der Waals surface area contributed by atoms with Gasteiger partial charge in [-0.05, 0) is 79.9 Å². The van der Waals surface area contributed by atoms with Crippen LogP contribution >= 0.6 is 0 Å². The molecule has 2 aromatic heterocycles. The Morgan fingerprint density at radius 1 is 0.365 bits per heavy atom. The highest BCUT2D eigenvalue weighted by atomic mass is 14.9. The molecule has 0 fully saturated rings. The van der Waals surface area contributed by atoms with E-state index in [9.17, 15) is 0 Å². The van der Waals surface area contributed by atoms with Gasteiger partial charge in [-0.1, -0.05) is 159 Å². The van der Waals surface area contributed by atoms with E-state index >= 15 is 0 Å². The van der Waals surface area contributed by atoms with Crippen LogP contribution in [0.5, 0.6) is 0 Å². The molecule has 0 unspecified atom stereocenters. The minimum absolute atomic E-state index is 0.240. The van der Waals surface area contributed by atoms with Gasteiger partial charge in [0.05, 0.1) is 22.5 Å². The second-order valence-electron chi connectivity index (χ2n) is 14.4. The van der Waals surface area contributed by atoms with Crippen LogP contribution in [0.2, 0.25) is 0 Å².